The van der Waals surface area contributed by atoms with Crippen molar-refractivity contribution in [3.8, 4) is 5.75 Å². The van der Waals surface area contributed by atoms with E-state index in [-0.39, 0.29) is 5.78 Å². The number of ether oxygens (including phenoxy) is 1. The number of hydrogen-bond acceptors (Lipinski definition) is 3. The van der Waals surface area contributed by atoms with Gasteiger partial charge in [-0.05, 0) is 28.1 Å². The Balaban J connectivity index is 2.64. The van der Waals surface area contributed by atoms with Crippen molar-refractivity contribution < 1.29 is 9.53 Å². The first-order chi connectivity index (χ1) is 6.74. The van der Waals surface area contributed by atoms with Gasteiger partial charge in [0, 0.05) is 17.4 Å². The van der Waals surface area contributed by atoms with Gasteiger partial charge in [-0.3, -0.25) is 4.79 Å². The number of rotatable bonds is 1. The third-order valence-corrected chi connectivity index (χ3v) is 2.93. The zero-order valence-electron chi connectivity index (χ0n) is 7.76. The Bertz CT molecular complexity index is 390. The van der Waals surface area contributed by atoms with Gasteiger partial charge < -0.3 is 10.1 Å². The van der Waals surface area contributed by atoms with E-state index in [1.807, 2.05) is 6.07 Å². The second-order valence-electron chi connectivity index (χ2n) is 3.10. The van der Waals surface area contributed by atoms with Crippen LogP contribution in [0, 0.1) is 0 Å². The Morgan fingerprint density at radius 3 is 3.00 bits per heavy atom. The number of methoxy groups -OCH3 is 1. The third kappa shape index (κ3) is 1.39. The van der Waals surface area contributed by atoms with Gasteiger partial charge in [-0.15, -0.1) is 0 Å². The summed E-state index contributed by atoms with van der Waals surface area (Å²) in [5, 5.41) is 3.19. The first kappa shape index (κ1) is 9.52. The number of Topliss-reactive ketones (excluding diaryl/α,β-unsaturated/α-hetero) is 1. The van der Waals surface area contributed by atoms with Crippen LogP contribution in [0.5, 0.6) is 5.75 Å². The van der Waals surface area contributed by atoms with Crippen molar-refractivity contribution in [1.29, 1.82) is 0 Å². The normalized spacial score (nSPS) is 14.6. The van der Waals surface area contributed by atoms with E-state index in [2.05, 4.69) is 21.2 Å². The monoisotopic (exact) mass is 255 g/mol. The van der Waals surface area contributed by atoms with Crippen LogP contribution in [0.2, 0.25) is 0 Å². The Labute approximate surface area is 90.6 Å². The van der Waals surface area contributed by atoms with Crippen LogP contribution >= 0.6 is 15.9 Å². The van der Waals surface area contributed by atoms with Crippen molar-refractivity contribution in [3.05, 3.63) is 22.2 Å². The van der Waals surface area contributed by atoms with Crippen LogP contribution in [0.3, 0.4) is 0 Å². The van der Waals surface area contributed by atoms with Crippen LogP contribution in [0.15, 0.2) is 16.6 Å². The second kappa shape index (κ2) is 3.61. The van der Waals surface area contributed by atoms with Crippen molar-refractivity contribution in [3.63, 3.8) is 0 Å². The zero-order valence-corrected chi connectivity index (χ0v) is 9.35. The summed E-state index contributed by atoms with van der Waals surface area (Å²) in [6, 6.07) is 3.68. The summed E-state index contributed by atoms with van der Waals surface area (Å²) >= 11 is 3.40. The molecule has 1 aliphatic heterocycles. The van der Waals surface area contributed by atoms with E-state index < -0.39 is 0 Å². The molecule has 3 nitrogen and oxygen atoms in total. The topological polar surface area (TPSA) is 38.3 Å². The predicted octanol–water partition coefficient (Wildman–Crippen LogP) is 2.46. The molecule has 0 atom stereocenters. The molecule has 0 aromatic heterocycles. The quantitative estimate of drug-likeness (QED) is 0.838. The molecule has 0 saturated heterocycles. The van der Waals surface area contributed by atoms with Gasteiger partial charge in [0.1, 0.15) is 5.75 Å². The molecular formula is C10H10BrNO2. The van der Waals surface area contributed by atoms with Gasteiger partial charge in [0.15, 0.2) is 5.78 Å². The molecule has 0 unspecified atom stereocenters. The number of benzene rings is 1. The SMILES string of the molecule is COc1ccc(Br)c2c1C(=O)CCN2. The third-order valence-electron chi connectivity index (χ3n) is 2.27. The van der Waals surface area contributed by atoms with Crippen LogP contribution in [0.1, 0.15) is 16.8 Å². The van der Waals surface area contributed by atoms with E-state index in [4.69, 9.17) is 4.74 Å². The molecular weight excluding hydrogens is 246 g/mol. The zero-order chi connectivity index (χ0) is 10.1. The number of ketones is 1. The van der Waals surface area contributed by atoms with Gasteiger partial charge in [-0.2, -0.15) is 0 Å². The number of hydrogen-bond donors (Lipinski definition) is 1. The van der Waals surface area contributed by atoms with Crippen LogP contribution in [-0.4, -0.2) is 19.4 Å². The summed E-state index contributed by atoms with van der Waals surface area (Å²) in [4.78, 5) is 11.7. The first-order valence-corrected chi connectivity index (χ1v) is 5.17. The second-order valence-corrected chi connectivity index (χ2v) is 3.95. The molecule has 1 N–H and O–H groups in total. The molecule has 0 radical (unpaired) electrons. The largest absolute Gasteiger partial charge is 0.496 e. The Kier molecular flexibility index (Phi) is 2.46. The summed E-state index contributed by atoms with van der Waals surface area (Å²) in [6.07, 6.45) is 0.528. The smallest absolute Gasteiger partial charge is 0.170 e. The van der Waals surface area contributed by atoms with E-state index in [9.17, 15) is 4.79 Å². The van der Waals surface area contributed by atoms with E-state index in [0.717, 1.165) is 10.2 Å². The molecule has 0 bridgehead atoms. The van der Waals surface area contributed by atoms with Gasteiger partial charge >= 0.3 is 0 Å². The Hall–Kier alpha value is -1.03. The average Bonchev–Trinajstić information content (AvgIpc) is 2.20. The minimum Gasteiger partial charge on any atom is -0.496 e. The standard InChI is InChI=1S/C10H10BrNO2/c1-14-8-3-2-6(11)10-9(8)7(13)4-5-12-10/h2-3,12H,4-5H2,1H3. The minimum atomic E-state index is 0.136. The Morgan fingerprint density at radius 2 is 2.29 bits per heavy atom. The maximum Gasteiger partial charge on any atom is 0.170 e. The molecule has 74 valence electrons. The van der Waals surface area contributed by atoms with Gasteiger partial charge in [0.05, 0.1) is 18.4 Å². The predicted molar refractivity (Wildman–Crippen MR) is 58.1 cm³/mol. The fourth-order valence-corrected chi connectivity index (χ4v) is 2.07. The molecule has 1 aromatic carbocycles. The number of carbonyl (C=O) groups is 1. The Morgan fingerprint density at radius 1 is 1.50 bits per heavy atom. The lowest BCUT2D eigenvalue weighted by Crippen LogP contribution is -2.19. The molecule has 1 aliphatic rings. The van der Waals surface area contributed by atoms with Crippen molar-refractivity contribution in [2.45, 2.75) is 6.42 Å². The lowest BCUT2D eigenvalue weighted by molar-refractivity contribution is 0.0980. The number of fused-ring (bicyclic) bond motifs is 1. The highest BCUT2D eigenvalue weighted by molar-refractivity contribution is 9.10. The highest BCUT2D eigenvalue weighted by Crippen LogP contribution is 2.36. The molecule has 4 heteroatoms. The molecule has 1 heterocycles. The maximum absolute atomic E-state index is 11.7. The summed E-state index contributed by atoms with van der Waals surface area (Å²) in [5.41, 5.74) is 1.51. The molecule has 14 heavy (non-hydrogen) atoms. The van der Waals surface area contributed by atoms with Gasteiger partial charge in [-0.25, -0.2) is 0 Å². The maximum atomic E-state index is 11.7. The summed E-state index contributed by atoms with van der Waals surface area (Å²) in [6.45, 7) is 0.692. The molecule has 0 amide bonds. The van der Waals surface area contributed by atoms with E-state index in [1.54, 1.807) is 13.2 Å². The molecule has 2 rings (SSSR count). The van der Waals surface area contributed by atoms with Crippen molar-refractivity contribution in [2.24, 2.45) is 0 Å². The van der Waals surface area contributed by atoms with Crippen LogP contribution in [-0.2, 0) is 0 Å². The highest BCUT2D eigenvalue weighted by atomic mass is 79.9. The highest BCUT2D eigenvalue weighted by Gasteiger charge is 2.22. The molecule has 0 spiro atoms. The number of anilines is 1. The molecule has 1 aromatic rings. The van der Waals surface area contributed by atoms with Crippen molar-refractivity contribution >= 4 is 27.4 Å². The van der Waals surface area contributed by atoms with E-state index >= 15 is 0 Å². The molecule has 0 saturated carbocycles. The summed E-state index contributed by atoms with van der Waals surface area (Å²) in [5.74, 6) is 0.775. The molecule has 0 aliphatic carbocycles. The summed E-state index contributed by atoms with van der Waals surface area (Å²) in [7, 11) is 1.57. The van der Waals surface area contributed by atoms with Crippen molar-refractivity contribution in [1.82, 2.24) is 0 Å². The first-order valence-electron chi connectivity index (χ1n) is 4.37. The number of nitrogens with one attached hydrogen (secondary N) is 1. The number of halogens is 1. The fourth-order valence-electron chi connectivity index (χ4n) is 1.60. The van der Waals surface area contributed by atoms with Crippen LogP contribution in [0.25, 0.3) is 0 Å². The van der Waals surface area contributed by atoms with Crippen LogP contribution < -0.4 is 10.1 Å². The van der Waals surface area contributed by atoms with Gasteiger partial charge in [0.2, 0.25) is 0 Å². The van der Waals surface area contributed by atoms with Gasteiger partial charge in [0.25, 0.3) is 0 Å². The van der Waals surface area contributed by atoms with Crippen molar-refractivity contribution in [2.75, 3.05) is 19.0 Å². The summed E-state index contributed by atoms with van der Waals surface area (Å²) < 4.78 is 6.06. The average molecular weight is 256 g/mol. The van der Waals surface area contributed by atoms with Gasteiger partial charge in [-0.1, -0.05) is 0 Å². The fraction of sp³-hybridized carbons (Fsp3) is 0.300. The van der Waals surface area contributed by atoms with E-state index in [1.165, 1.54) is 0 Å². The number of carbonyl (C=O) groups excluding carboxylic acids is 1. The van der Waals surface area contributed by atoms with Crippen LogP contribution in [0.4, 0.5) is 5.69 Å². The minimum absolute atomic E-state index is 0.136. The lowest BCUT2D eigenvalue weighted by atomic mass is 10.0. The molecule has 0 fully saturated rings. The van der Waals surface area contributed by atoms with E-state index in [0.29, 0.717) is 24.3 Å². The lowest BCUT2D eigenvalue weighted by Gasteiger charge is -2.20.